The van der Waals surface area contributed by atoms with Crippen molar-refractivity contribution in [2.45, 2.75) is 45.6 Å². The third-order valence-corrected chi connectivity index (χ3v) is 4.43. The van der Waals surface area contributed by atoms with Crippen molar-refractivity contribution in [2.24, 2.45) is 11.1 Å². The molecule has 0 bridgehead atoms. The molecule has 1 aliphatic carbocycles. The van der Waals surface area contributed by atoms with E-state index in [9.17, 15) is 8.42 Å². The van der Waals surface area contributed by atoms with Crippen LogP contribution in [0.2, 0.25) is 0 Å². The van der Waals surface area contributed by atoms with Gasteiger partial charge in [0.25, 0.3) is 10.2 Å². The van der Waals surface area contributed by atoms with Crippen LogP contribution in [-0.4, -0.2) is 27.5 Å². The van der Waals surface area contributed by atoms with E-state index in [1.807, 2.05) is 0 Å². The highest BCUT2D eigenvalue weighted by molar-refractivity contribution is 7.87. The van der Waals surface area contributed by atoms with E-state index in [-0.39, 0.29) is 11.5 Å². The second-order valence-electron chi connectivity index (χ2n) is 5.01. The van der Waals surface area contributed by atoms with Crippen LogP contribution < -0.4 is 15.2 Å². The Morgan fingerprint density at radius 2 is 1.88 bits per heavy atom. The predicted molar refractivity (Wildman–Crippen MR) is 65.1 cm³/mol. The highest BCUT2D eigenvalue weighted by Gasteiger charge is 2.33. The molecule has 96 valence electrons. The van der Waals surface area contributed by atoms with Gasteiger partial charge in [-0.3, -0.25) is 0 Å². The predicted octanol–water partition coefficient (Wildman–Crippen LogP) is 0.338. The first kappa shape index (κ1) is 13.9. The van der Waals surface area contributed by atoms with Gasteiger partial charge >= 0.3 is 0 Å². The molecule has 1 aliphatic rings. The molecular weight excluding hydrogens is 226 g/mol. The molecule has 1 fully saturated rings. The van der Waals surface area contributed by atoms with Crippen molar-refractivity contribution in [2.75, 3.05) is 13.1 Å². The minimum Gasteiger partial charge on any atom is -0.330 e. The average molecular weight is 249 g/mol. The maximum atomic E-state index is 11.6. The molecule has 0 aliphatic heterocycles. The zero-order valence-electron chi connectivity index (χ0n) is 10.1. The van der Waals surface area contributed by atoms with Gasteiger partial charge in [0.2, 0.25) is 0 Å². The fourth-order valence-electron chi connectivity index (χ4n) is 2.18. The first-order valence-electron chi connectivity index (χ1n) is 5.86. The second-order valence-corrected chi connectivity index (χ2v) is 6.54. The molecular formula is C10H23N3O2S. The molecule has 1 saturated carbocycles. The Morgan fingerprint density at radius 3 is 2.31 bits per heavy atom. The van der Waals surface area contributed by atoms with Gasteiger partial charge in [0, 0.05) is 12.6 Å². The van der Waals surface area contributed by atoms with Gasteiger partial charge in [-0.2, -0.15) is 13.1 Å². The van der Waals surface area contributed by atoms with E-state index in [0.29, 0.717) is 13.1 Å². The van der Waals surface area contributed by atoms with E-state index in [0.717, 1.165) is 25.7 Å². The largest absolute Gasteiger partial charge is 0.330 e. The average Bonchev–Trinajstić information content (AvgIpc) is 2.62. The summed E-state index contributed by atoms with van der Waals surface area (Å²) in [6.45, 7) is 4.60. The van der Waals surface area contributed by atoms with Crippen LogP contribution in [0.15, 0.2) is 0 Å². The molecule has 6 heteroatoms. The number of hydrogen-bond acceptors (Lipinski definition) is 3. The van der Waals surface area contributed by atoms with Gasteiger partial charge in [0.1, 0.15) is 0 Å². The topological polar surface area (TPSA) is 84.2 Å². The van der Waals surface area contributed by atoms with Crippen molar-refractivity contribution in [3.05, 3.63) is 0 Å². The second kappa shape index (κ2) is 5.44. The molecule has 0 unspecified atom stereocenters. The molecule has 16 heavy (non-hydrogen) atoms. The van der Waals surface area contributed by atoms with Crippen LogP contribution in [0.5, 0.6) is 0 Å². The zero-order valence-corrected chi connectivity index (χ0v) is 10.9. The fraction of sp³-hybridized carbons (Fsp3) is 1.00. The molecule has 0 aromatic heterocycles. The molecule has 1 rings (SSSR count). The molecule has 4 N–H and O–H groups in total. The van der Waals surface area contributed by atoms with Crippen LogP contribution in [0.1, 0.15) is 39.5 Å². The van der Waals surface area contributed by atoms with E-state index in [4.69, 9.17) is 5.73 Å². The van der Waals surface area contributed by atoms with Gasteiger partial charge in [-0.1, -0.05) is 12.8 Å². The van der Waals surface area contributed by atoms with Gasteiger partial charge in [0.05, 0.1) is 0 Å². The molecule has 0 aromatic rings. The summed E-state index contributed by atoms with van der Waals surface area (Å²) in [6, 6.07) is -0.0881. The Labute approximate surface area is 98.4 Å². The Bertz CT molecular complexity index is 308. The summed E-state index contributed by atoms with van der Waals surface area (Å²) in [5, 5.41) is 0. The number of nitrogens with one attached hydrogen (secondary N) is 2. The quantitative estimate of drug-likeness (QED) is 0.634. The first-order chi connectivity index (χ1) is 7.39. The van der Waals surface area contributed by atoms with Crippen molar-refractivity contribution in [3.8, 4) is 0 Å². The van der Waals surface area contributed by atoms with Crippen LogP contribution in [0.3, 0.4) is 0 Å². The number of nitrogens with two attached hydrogens (primary N) is 1. The maximum Gasteiger partial charge on any atom is 0.277 e. The van der Waals surface area contributed by atoms with Crippen LogP contribution in [0, 0.1) is 5.41 Å². The summed E-state index contributed by atoms with van der Waals surface area (Å²) < 4.78 is 28.3. The lowest BCUT2D eigenvalue weighted by molar-refractivity contribution is 0.308. The molecule has 0 atom stereocenters. The van der Waals surface area contributed by atoms with E-state index in [2.05, 4.69) is 9.44 Å². The van der Waals surface area contributed by atoms with Crippen LogP contribution >= 0.6 is 0 Å². The van der Waals surface area contributed by atoms with Crippen molar-refractivity contribution in [1.29, 1.82) is 0 Å². The van der Waals surface area contributed by atoms with E-state index in [1.165, 1.54) is 0 Å². The summed E-state index contributed by atoms with van der Waals surface area (Å²) in [6.07, 6.45) is 4.34. The SMILES string of the molecule is CC(C)NS(=O)(=O)NCC1(CN)CCCC1. The molecule has 0 saturated heterocycles. The van der Waals surface area contributed by atoms with Gasteiger partial charge in [-0.05, 0) is 38.6 Å². The molecule has 0 heterocycles. The Hall–Kier alpha value is -0.170. The summed E-state index contributed by atoms with van der Waals surface area (Å²) in [4.78, 5) is 0. The Balaban J connectivity index is 2.49. The van der Waals surface area contributed by atoms with Crippen LogP contribution in [0.4, 0.5) is 0 Å². The lowest BCUT2D eigenvalue weighted by Gasteiger charge is -2.27. The van der Waals surface area contributed by atoms with Crippen LogP contribution in [0.25, 0.3) is 0 Å². The van der Waals surface area contributed by atoms with Gasteiger partial charge in [-0.25, -0.2) is 4.72 Å². The fourth-order valence-corrected chi connectivity index (χ4v) is 3.38. The van der Waals surface area contributed by atoms with Crippen molar-refractivity contribution in [3.63, 3.8) is 0 Å². The summed E-state index contributed by atoms with van der Waals surface area (Å²) >= 11 is 0. The van der Waals surface area contributed by atoms with Gasteiger partial charge in [0.15, 0.2) is 0 Å². The van der Waals surface area contributed by atoms with Gasteiger partial charge < -0.3 is 5.73 Å². The molecule has 0 spiro atoms. The Morgan fingerprint density at radius 1 is 1.31 bits per heavy atom. The lowest BCUT2D eigenvalue weighted by atomic mass is 9.87. The summed E-state index contributed by atoms with van der Waals surface area (Å²) in [5.41, 5.74) is 5.72. The monoisotopic (exact) mass is 249 g/mol. The maximum absolute atomic E-state index is 11.6. The third kappa shape index (κ3) is 4.01. The minimum absolute atomic E-state index is 0.0221. The molecule has 0 amide bonds. The lowest BCUT2D eigenvalue weighted by Crippen LogP contribution is -2.46. The molecule has 5 nitrogen and oxygen atoms in total. The van der Waals surface area contributed by atoms with Crippen molar-refractivity contribution >= 4 is 10.2 Å². The highest BCUT2D eigenvalue weighted by atomic mass is 32.2. The standard InChI is InChI=1S/C10H23N3O2S/c1-9(2)13-16(14,15)12-8-10(7-11)5-3-4-6-10/h9,12-13H,3-8,11H2,1-2H3. The van der Waals surface area contributed by atoms with Crippen LogP contribution in [-0.2, 0) is 10.2 Å². The smallest absolute Gasteiger partial charge is 0.277 e. The normalized spacial score (nSPS) is 20.5. The number of hydrogen-bond donors (Lipinski definition) is 3. The van der Waals surface area contributed by atoms with E-state index < -0.39 is 10.2 Å². The van der Waals surface area contributed by atoms with E-state index >= 15 is 0 Å². The summed E-state index contributed by atoms with van der Waals surface area (Å²) in [7, 11) is -3.37. The number of rotatable bonds is 6. The highest BCUT2D eigenvalue weighted by Crippen LogP contribution is 2.36. The zero-order chi connectivity index (χ0) is 12.2. The summed E-state index contributed by atoms with van der Waals surface area (Å²) in [5.74, 6) is 0. The third-order valence-electron chi connectivity index (χ3n) is 3.13. The Kier molecular flexibility index (Phi) is 4.73. The van der Waals surface area contributed by atoms with Gasteiger partial charge in [-0.15, -0.1) is 0 Å². The molecule has 0 aromatic carbocycles. The van der Waals surface area contributed by atoms with Crippen molar-refractivity contribution in [1.82, 2.24) is 9.44 Å². The minimum atomic E-state index is -3.37. The van der Waals surface area contributed by atoms with E-state index in [1.54, 1.807) is 13.8 Å². The van der Waals surface area contributed by atoms with Crippen molar-refractivity contribution < 1.29 is 8.42 Å². The first-order valence-corrected chi connectivity index (χ1v) is 7.34. The molecule has 0 radical (unpaired) electrons.